The summed E-state index contributed by atoms with van der Waals surface area (Å²) in [4.78, 5) is 16.6. The third-order valence-electron chi connectivity index (χ3n) is 3.24. The first-order valence-electron chi connectivity index (χ1n) is 6.14. The highest BCUT2D eigenvalue weighted by Gasteiger charge is 2.10. The molecule has 0 saturated carbocycles. The molecule has 0 aliphatic rings. The van der Waals surface area contributed by atoms with Gasteiger partial charge in [-0.2, -0.15) is 0 Å². The van der Waals surface area contributed by atoms with E-state index in [2.05, 4.69) is 18.8 Å². The molecule has 2 aromatic rings. The van der Waals surface area contributed by atoms with E-state index in [4.69, 9.17) is 0 Å². The Morgan fingerprint density at radius 1 is 1.35 bits per heavy atom. The second-order valence-corrected chi connectivity index (χ2v) is 4.45. The average molecular weight is 230 g/mol. The van der Waals surface area contributed by atoms with Crippen molar-refractivity contribution in [3.8, 4) is 0 Å². The van der Waals surface area contributed by atoms with E-state index in [0.29, 0.717) is 5.52 Å². The molecule has 0 radical (unpaired) electrons. The lowest BCUT2D eigenvalue weighted by Gasteiger charge is -2.16. The summed E-state index contributed by atoms with van der Waals surface area (Å²) in [5.74, 6) is 0. The van der Waals surface area contributed by atoms with Gasteiger partial charge in [0, 0.05) is 23.8 Å². The van der Waals surface area contributed by atoms with Crippen LogP contribution in [0.25, 0.3) is 10.9 Å². The van der Waals surface area contributed by atoms with Gasteiger partial charge in [0.05, 0.1) is 0 Å². The molecular weight excluding hydrogens is 212 g/mol. The van der Waals surface area contributed by atoms with Gasteiger partial charge >= 0.3 is 0 Å². The van der Waals surface area contributed by atoms with Crippen molar-refractivity contribution in [3.63, 3.8) is 0 Å². The second kappa shape index (κ2) is 4.70. The van der Waals surface area contributed by atoms with Crippen LogP contribution in [0.15, 0.2) is 29.3 Å². The standard InChI is InChI=1S/C14H18N2O/c1-4-12(5-2)16-7-6-11-8-10(3)9-15-13(11)14(16)17/h6-9,12H,4-5H2,1-3H3. The van der Waals surface area contributed by atoms with Crippen molar-refractivity contribution < 1.29 is 0 Å². The van der Waals surface area contributed by atoms with Crippen LogP contribution in [0.1, 0.15) is 38.3 Å². The predicted octanol–water partition coefficient (Wildman–Crippen LogP) is 3.07. The summed E-state index contributed by atoms with van der Waals surface area (Å²) in [5, 5.41) is 0.928. The summed E-state index contributed by atoms with van der Waals surface area (Å²) in [5.41, 5.74) is 1.68. The molecule has 0 saturated heterocycles. The average Bonchev–Trinajstić information content (AvgIpc) is 2.33. The Kier molecular flexibility index (Phi) is 3.27. The number of fused-ring (bicyclic) bond motifs is 1. The third kappa shape index (κ3) is 2.09. The minimum absolute atomic E-state index is 0.0243. The molecule has 90 valence electrons. The van der Waals surface area contributed by atoms with Gasteiger partial charge < -0.3 is 4.57 Å². The molecule has 2 heterocycles. The Morgan fingerprint density at radius 2 is 2.06 bits per heavy atom. The smallest absolute Gasteiger partial charge is 0.277 e. The fraction of sp³-hybridized carbons (Fsp3) is 0.429. The third-order valence-corrected chi connectivity index (χ3v) is 3.24. The van der Waals surface area contributed by atoms with Gasteiger partial charge in [0.2, 0.25) is 0 Å². The van der Waals surface area contributed by atoms with E-state index in [-0.39, 0.29) is 11.6 Å². The summed E-state index contributed by atoms with van der Waals surface area (Å²) in [6, 6.07) is 4.26. The molecule has 3 heteroatoms. The fourth-order valence-electron chi connectivity index (χ4n) is 2.22. The minimum Gasteiger partial charge on any atom is -0.311 e. The molecule has 0 spiro atoms. The molecule has 2 rings (SSSR count). The lowest BCUT2D eigenvalue weighted by molar-refractivity contribution is 0.460. The van der Waals surface area contributed by atoms with Crippen LogP contribution in [-0.4, -0.2) is 9.55 Å². The highest BCUT2D eigenvalue weighted by molar-refractivity contribution is 5.77. The van der Waals surface area contributed by atoms with Crippen LogP contribution >= 0.6 is 0 Å². The molecule has 0 unspecified atom stereocenters. The van der Waals surface area contributed by atoms with Crippen LogP contribution in [0.2, 0.25) is 0 Å². The zero-order chi connectivity index (χ0) is 12.4. The summed E-state index contributed by atoms with van der Waals surface area (Å²) < 4.78 is 1.81. The van der Waals surface area contributed by atoms with Crippen LogP contribution in [0.4, 0.5) is 0 Å². The first kappa shape index (κ1) is 11.8. The van der Waals surface area contributed by atoms with E-state index < -0.39 is 0 Å². The number of rotatable bonds is 3. The van der Waals surface area contributed by atoms with Crippen LogP contribution in [0.5, 0.6) is 0 Å². The summed E-state index contributed by atoms with van der Waals surface area (Å²) in [6.07, 6.45) is 5.58. The number of hydrogen-bond donors (Lipinski definition) is 0. The normalized spacial score (nSPS) is 11.3. The van der Waals surface area contributed by atoms with Crippen molar-refractivity contribution in [3.05, 3.63) is 40.4 Å². The number of aromatic nitrogens is 2. The van der Waals surface area contributed by atoms with Crippen molar-refractivity contribution in [2.75, 3.05) is 0 Å². The van der Waals surface area contributed by atoms with Gasteiger partial charge in [-0.05, 0) is 37.5 Å². The molecule has 0 amide bonds. The molecule has 0 N–H and O–H groups in total. The molecule has 0 atom stereocenters. The molecule has 0 aliphatic carbocycles. The van der Waals surface area contributed by atoms with E-state index in [1.54, 1.807) is 6.20 Å². The molecule has 0 aliphatic heterocycles. The molecule has 17 heavy (non-hydrogen) atoms. The van der Waals surface area contributed by atoms with E-state index >= 15 is 0 Å². The number of hydrogen-bond acceptors (Lipinski definition) is 2. The SMILES string of the molecule is CCC(CC)n1ccc2cc(C)cnc2c1=O. The van der Waals surface area contributed by atoms with E-state index in [1.165, 1.54) is 0 Å². The zero-order valence-electron chi connectivity index (χ0n) is 10.6. The van der Waals surface area contributed by atoms with Crippen molar-refractivity contribution in [2.24, 2.45) is 0 Å². The predicted molar refractivity (Wildman–Crippen MR) is 70.4 cm³/mol. The van der Waals surface area contributed by atoms with E-state index in [9.17, 15) is 4.79 Å². The first-order valence-corrected chi connectivity index (χ1v) is 6.14. The summed E-state index contributed by atoms with van der Waals surface area (Å²) in [7, 11) is 0. The Morgan fingerprint density at radius 3 is 2.71 bits per heavy atom. The van der Waals surface area contributed by atoms with E-state index in [1.807, 2.05) is 29.8 Å². The molecular formula is C14H18N2O. The maximum atomic E-state index is 12.3. The highest BCUT2D eigenvalue weighted by atomic mass is 16.1. The minimum atomic E-state index is 0.0243. The van der Waals surface area contributed by atoms with Gasteiger partial charge in [-0.15, -0.1) is 0 Å². The lowest BCUT2D eigenvalue weighted by atomic mass is 10.1. The van der Waals surface area contributed by atoms with Crippen molar-refractivity contribution >= 4 is 10.9 Å². The van der Waals surface area contributed by atoms with Crippen molar-refractivity contribution in [1.82, 2.24) is 9.55 Å². The maximum Gasteiger partial charge on any atom is 0.277 e. The molecule has 3 nitrogen and oxygen atoms in total. The Hall–Kier alpha value is -1.64. The topological polar surface area (TPSA) is 34.9 Å². The van der Waals surface area contributed by atoms with Crippen molar-refractivity contribution in [2.45, 2.75) is 39.7 Å². The molecule has 0 aromatic carbocycles. The quantitative estimate of drug-likeness (QED) is 0.812. The zero-order valence-corrected chi connectivity index (χ0v) is 10.6. The summed E-state index contributed by atoms with van der Waals surface area (Å²) in [6.45, 7) is 6.19. The molecule has 2 aromatic heterocycles. The summed E-state index contributed by atoms with van der Waals surface area (Å²) >= 11 is 0. The van der Waals surface area contributed by atoms with Gasteiger partial charge in [-0.25, -0.2) is 0 Å². The largest absolute Gasteiger partial charge is 0.311 e. The van der Waals surface area contributed by atoms with Crippen LogP contribution in [-0.2, 0) is 0 Å². The van der Waals surface area contributed by atoms with Gasteiger partial charge in [0.1, 0.15) is 5.52 Å². The number of nitrogens with zero attached hydrogens (tertiary/aromatic N) is 2. The monoisotopic (exact) mass is 230 g/mol. The highest BCUT2D eigenvalue weighted by Crippen LogP contribution is 2.15. The van der Waals surface area contributed by atoms with E-state index in [0.717, 1.165) is 23.8 Å². The Bertz CT molecular complexity index is 582. The second-order valence-electron chi connectivity index (χ2n) is 4.45. The first-order chi connectivity index (χ1) is 8.17. The van der Waals surface area contributed by atoms with Gasteiger partial charge in [-0.1, -0.05) is 13.8 Å². The Labute approximate surface area is 101 Å². The van der Waals surface area contributed by atoms with Crippen molar-refractivity contribution in [1.29, 1.82) is 0 Å². The van der Waals surface area contributed by atoms with Crippen LogP contribution in [0.3, 0.4) is 0 Å². The fourth-order valence-corrected chi connectivity index (χ4v) is 2.22. The molecule has 0 fully saturated rings. The maximum absolute atomic E-state index is 12.3. The van der Waals surface area contributed by atoms with Gasteiger partial charge in [0.15, 0.2) is 0 Å². The lowest BCUT2D eigenvalue weighted by Crippen LogP contribution is -2.24. The van der Waals surface area contributed by atoms with Gasteiger partial charge in [0.25, 0.3) is 5.56 Å². The van der Waals surface area contributed by atoms with Gasteiger partial charge in [-0.3, -0.25) is 9.78 Å². The number of aryl methyl sites for hydroxylation is 1. The van der Waals surface area contributed by atoms with Crippen LogP contribution in [0, 0.1) is 6.92 Å². The molecule has 0 bridgehead atoms. The number of pyridine rings is 2. The Balaban J connectivity index is 2.66. The van der Waals surface area contributed by atoms with Crippen LogP contribution < -0.4 is 5.56 Å².